The number of aryl methyl sites for hydroxylation is 1. The zero-order chi connectivity index (χ0) is 12.7. The monoisotopic (exact) mass is 244 g/mol. The second kappa shape index (κ2) is 4.05. The summed E-state index contributed by atoms with van der Waals surface area (Å²) in [6.07, 6.45) is 2.44. The van der Waals surface area contributed by atoms with Crippen molar-refractivity contribution in [3.8, 4) is 5.75 Å². The zero-order valence-electron chi connectivity index (χ0n) is 10.3. The van der Waals surface area contributed by atoms with E-state index in [0.717, 1.165) is 35.9 Å². The Kier molecular flexibility index (Phi) is 2.51. The minimum Gasteiger partial charge on any atom is -0.495 e. The van der Waals surface area contributed by atoms with Crippen molar-refractivity contribution >= 4 is 16.8 Å². The normalized spacial score (nSPS) is 18.6. The molecule has 94 valence electrons. The van der Waals surface area contributed by atoms with Gasteiger partial charge < -0.3 is 15.5 Å². The summed E-state index contributed by atoms with van der Waals surface area (Å²) in [6.45, 7) is 0. The number of nitrogens with two attached hydrogens (primary N) is 1. The molecular formula is C14H16N2O2. The summed E-state index contributed by atoms with van der Waals surface area (Å²) < 4.78 is 5.36. The number of rotatable bonds is 2. The SMILES string of the molecule is COc1cccc2c3c([nH]c12)CCC(C(N)=O)C3. The summed E-state index contributed by atoms with van der Waals surface area (Å²) >= 11 is 0. The summed E-state index contributed by atoms with van der Waals surface area (Å²) in [7, 11) is 1.67. The number of nitrogens with one attached hydrogen (secondary N) is 1. The van der Waals surface area contributed by atoms with Crippen molar-refractivity contribution in [2.45, 2.75) is 19.3 Å². The number of aromatic amines is 1. The number of carbonyl (C=O) groups is 1. The molecule has 18 heavy (non-hydrogen) atoms. The molecule has 1 atom stereocenters. The van der Waals surface area contributed by atoms with Crippen molar-refractivity contribution in [2.75, 3.05) is 7.11 Å². The smallest absolute Gasteiger partial charge is 0.220 e. The summed E-state index contributed by atoms with van der Waals surface area (Å²) in [4.78, 5) is 14.8. The lowest BCUT2D eigenvalue weighted by molar-refractivity contribution is -0.122. The van der Waals surface area contributed by atoms with E-state index in [1.165, 1.54) is 11.3 Å². The van der Waals surface area contributed by atoms with Crippen LogP contribution in [0.5, 0.6) is 5.75 Å². The number of methoxy groups -OCH3 is 1. The number of hydrogen-bond donors (Lipinski definition) is 2. The van der Waals surface area contributed by atoms with Crippen LogP contribution in [0.1, 0.15) is 17.7 Å². The Morgan fingerprint density at radius 1 is 1.50 bits per heavy atom. The molecule has 3 rings (SSSR count). The van der Waals surface area contributed by atoms with Crippen LogP contribution in [-0.4, -0.2) is 18.0 Å². The van der Waals surface area contributed by atoms with E-state index in [-0.39, 0.29) is 11.8 Å². The molecule has 4 heteroatoms. The molecule has 1 amide bonds. The first kappa shape index (κ1) is 11.1. The van der Waals surface area contributed by atoms with Gasteiger partial charge in [0.15, 0.2) is 0 Å². The molecular weight excluding hydrogens is 228 g/mol. The molecule has 1 aliphatic carbocycles. The summed E-state index contributed by atoms with van der Waals surface area (Å²) in [5, 5.41) is 1.15. The number of fused-ring (bicyclic) bond motifs is 3. The van der Waals surface area contributed by atoms with Crippen molar-refractivity contribution in [1.82, 2.24) is 4.98 Å². The minimum absolute atomic E-state index is 0.0392. The van der Waals surface area contributed by atoms with Gasteiger partial charge in [-0.25, -0.2) is 0 Å². The van der Waals surface area contributed by atoms with E-state index in [1.54, 1.807) is 7.11 Å². The quantitative estimate of drug-likeness (QED) is 0.845. The Morgan fingerprint density at radius 2 is 2.33 bits per heavy atom. The number of H-pyrrole nitrogens is 1. The number of amides is 1. The van der Waals surface area contributed by atoms with E-state index >= 15 is 0 Å². The second-order valence-corrected chi connectivity index (χ2v) is 4.81. The van der Waals surface area contributed by atoms with Gasteiger partial charge in [-0.05, 0) is 30.9 Å². The third-order valence-electron chi connectivity index (χ3n) is 3.81. The fraction of sp³-hybridized carbons (Fsp3) is 0.357. The van der Waals surface area contributed by atoms with Gasteiger partial charge >= 0.3 is 0 Å². The molecule has 0 aliphatic heterocycles. The molecule has 1 aromatic heterocycles. The summed E-state index contributed by atoms with van der Waals surface area (Å²) in [6, 6.07) is 5.98. The highest BCUT2D eigenvalue weighted by atomic mass is 16.5. The van der Waals surface area contributed by atoms with Gasteiger partial charge in [0, 0.05) is 17.0 Å². The lowest BCUT2D eigenvalue weighted by Crippen LogP contribution is -2.28. The molecule has 1 heterocycles. The van der Waals surface area contributed by atoms with Crippen LogP contribution < -0.4 is 10.5 Å². The van der Waals surface area contributed by atoms with E-state index in [1.807, 2.05) is 12.1 Å². The van der Waals surface area contributed by atoms with Crippen LogP contribution in [-0.2, 0) is 17.6 Å². The van der Waals surface area contributed by atoms with Gasteiger partial charge in [0.2, 0.25) is 5.91 Å². The number of primary amides is 1. The van der Waals surface area contributed by atoms with Crippen LogP contribution in [0, 0.1) is 5.92 Å². The van der Waals surface area contributed by atoms with Crippen molar-refractivity contribution in [3.05, 3.63) is 29.5 Å². The molecule has 4 nitrogen and oxygen atoms in total. The lowest BCUT2D eigenvalue weighted by Gasteiger charge is -2.19. The van der Waals surface area contributed by atoms with Crippen molar-refractivity contribution in [2.24, 2.45) is 11.7 Å². The van der Waals surface area contributed by atoms with Gasteiger partial charge in [0.25, 0.3) is 0 Å². The maximum absolute atomic E-state index is 11.3. The predicted octanol–water partition coefficient (Wildman–Crippen LogP) is 1.77. The minimum atomic E-state index is -0.196. The Hall–Kier alpha value is -1.97. The average molecular weight is 244 g/mol. The van der Waals surface area contributed by atoms with Gasteiger partial charge in [0.05, 0.1) is 12.6 Å². The lowest BCUT2D eigenvalue weighted by atomic mass is 9.86. The number of carbonyl (C=O) groups excluding carboxylic acids is 1. The first-order chi connectivity index (χ1) is 8.70. The van der Waals surface area contributed by atoms with Crippen LogP contribution in [0.15, 0.2) is 18.2 Å². The number of aromatic nitrogens is 1. The number of hydrogen-bond acceptors (Lipinski definition) is 2. The second-order valence-electron chi connectivity index (χ2n) is 4.81. The summed E-state index contributed by atoms with van der Waals surface area (Å²) in [5.74, 6) is 0.609. The maximum Gasteiger partial charge on any atom is 0.220 e. The van der Waals surface area contributed by atoms with Crippen molar-refractivity contribution in [1.29, 1.82) is 0 Å². The molecule has 0 spiro atoms. The van der Waals surface area contributed by atoms with Crippen LogP contribution in [0.3, 0.4) is 0 Å². The summed E-state index contributed by atoms with van der Waals surface area (Å²) in [5.41, 5.74) is 8.88. The third kappa shape index (κ3) is 1.56. The topological polar surface area (TPSA) is 68.1 Å². The maximum atomic E-state index is 11.3. The van der Waals surface area contributed by atoms with Crippen molar-refractivity contribution in [3.63, 3.8) is 0 Å². The fourth-order valence-electron chi connectivity index (χ4n) is 2.83. The van der Waals surface area contributed by atoms with Gasteiger partial charge in [0.1, 0.15) is 5.75 Å². The molecule has 1 aromatic carbocycles. The molecule has 3 N–H and O–H groups in total. The van der Waals surface area contributed by atoms with E-state index in [0.29, 0.717) is 0 Å². The Labute approximate surface area is 105 Å². The third-order valence-corrected chi connectivity index (χ3v) is 3.81. The van der Waals surface area contributed by atoms with Crippen LogP contribution in [0.2, 0.25) is 0 Å². The van der Waals surface area contributed by atoms with Gasteiger partial charge in [-0.2, -0.15) is 0 Å². The van der Waals surface area contributed by atoms with Crippen LogP contribution >= 0.6 is 0 Å². The first-order valence-electron chi connectivity index (χ1n) is 6.16. The number of benzene rings is 1. The molecule has 2 aromatic rings. The first-order valence-corrected chi connectivity index (χ1v) is 6.16. The van der Waals surface area contributed by atoms with Crippen LogP contribution in [0.4, 0.5) is 0 Å². The highest BCUT2D eigenvalue weighted by molar-refractivity contribution is 5.90. The van der Waals surface area contributed by atoms with E-state index < -0.39 is 0 Å². The molecule has 0 fully saturated rings. The molecule has 1 aliphatic rings. The molecule has 0 saturated carbocycles. The standard InChI is InChI=1S/C14H16N2O2/c1-18-12-4-2-3-9-10-7-8(14(15)17)5-6-11(10)16-13(9)12/h2-4,8,16H,5-7H2,1H3,(H2,15,17). The zero-order valence-corrected chi connectivity index (χ0v) is 10.3. The average Bonchev–Trinajstić information content (AvgIpc) is 2.76. The van der Waals surface area contributed by atoms with E-state index in [4.69, 9.17) is 10.5 Å². The van der Waals surface area contributed by atoms with E-state index in [9.17, 15) is 4.79 Å². The van der Waals surface area contributed by atoms with Gasteiger partial charge in [-0.15, -0.1) is 0 Å². The largest absolute Gasteiger partial charge is 0.495 e. The van der Waals surface area contributed by atoms with Gasteiger partial charge in [-0.3, -0.25) is 4.79 Å². The van der Waals surface area contributed by atoms with Crippen molar-refractivity contribution < 1.29 is 9.53 Å². The highest BCUT2D eigenvalue weighted by Crippen LogP contribution is 2.35. The Bertz CT molecular complexity index is 616. The number of ether oxygens (including phenoxy) is 1. The van der Waals surface area contributed by atoms with E-state index in [2.05, 4.69) is 11.1 Å². The Morgan fingerprint density at radius 3 is 3.06 bits per heavy atom. The molecule has 0 bridgehead atoms. The fourth-order valence-corrected chi connectivity index (χ4v) is 2.83. The molecule has 0 saturated heterocycles. The predicted molar refractivity (Wildman–Crippen MR) is 69.6 cm³/mol. The Balaban J connectivity index is 2.14. The van der Waals surface area contributed by atoms with Gasteiger partial charge in [-0.1, -0.05) is 12.1 Å². The molecule has 1 unspecified atom stereocenters. The highest BCUT2D eigenvalue weighted by Gasteiger charge is 2.26. The number of para-hydroxylation sites is 1. The molecule has 0 radical (unpaired) electrons. The van der Waals surface area contributed by atoms with Crippen LogP contribution in [0.25, 0.3) is 10.9 Å².